The molecule has 6 nitrogen and oxygen atoms in total. The summed E-state index contributed by atoms with van der Waals surface area (Å²) >= 11 is 3.08. The van der Waals surface area contributed by atoms with Crippen molar-refractivity contribution in [1.82, 2.24) is 10.2 Å². The van der Waals surface area contributed by atoms with Crippen LogP contribution < -0.4 is 10.6 Å². The van der Waals surface area contributed by atoms with Crippen molar-refractivity contribution in [3.05, 3.63) is 75.9 Å². The van der Waals surface area contributed by atoms with Crippen molar-refractivity contribution in [3.8, 4) is 0 Å². The van der Waals surface area contributed by atoms with Gasteiger partial charge in [0.05, 0.1) is 17.2 Å². The van der Waals surface area contributed by atoms with Crippen LogP contribution in [0, 0.1) is 0 Å². The summed E-state index contributed by atoms with van der Waals surface area (Å²) in [6.45, 7) is 1.34. The Labute approximate surface area is 184 Å². The minimum Gasteiger partial charge on any atom is -0.464 e. The molecule has 0 saturated carbocycles. The van der Waals surface area contributed by atoms with E-state index in [0.717, 1.165) is 29.6 Å². The van der Waals surface area contributed by atoms with E-state index in [1.165, 1.54) is 11.3 Å². The Bertz CT molecular complexity index is 968. The summed E-state index contributed by atoms with van der Waals surface area (Å²) in [5.74, 6) is 3.12. The molecule has 1 aromatic carbocycles. The number of carbonyl (C=O) groups excluding carboxylic acids is 2. The smallest absolute Gasteiger partial charge is 0.265 e. The van der Waals surface area contributed by atoms with Crippen molar-refractivity contribution in [2.75, 3.05) is 31.7 Å². The SMILES string of the molecule is CN(C)Cc1ccc(CSCCNC(=O)c2cccc(NC(=O)c3cccs3)c2)o1. The van der Waals surface area contributed by atoms with Crippen LogP contribution in [-0.2, 0) is 12.3 Å². The van der Waals surface area contributed by atoms with E-state index in [9.17, 15) is 9.59 Å². The zero-order valence-corrected chi connectivity index (χ0v) is 18.6. The average Bonchev–Trinajstić information content (AvgIpc) is 3.40. The maximum absolute atomic E-state index is 12.4. The van der Waals surface area contributed by atoms with Crippen molar-refractivity contribution >= 4 is 40.6 Å². The molecule has 0 aliphatic rings. The lowest BCUT2D eigenvalue weighted by atomic mass is 10.2. The highest BCUT2D eigenvalue weighted by Crippen LogP contribution is 2.17. The molecule has 30 heavy (non-hydrogen) atoms. The number of thioether (sulfide) groups is 1. The highest BCUT2D eigenvalue weighted by Gasteiger charge is 2.10. The fraction of sp³-hybridized carbons (Fsp3) is 0.273. The van der Waals surface area contributed by atoms with Gasteiger partial charge in [0.1, 0.15) is 11.5 Å². The van der Waals surface area contributed by atoms with E-state index >= 15 is 0 Å². The third-order valence-electron chi connectivity index (χ3n) is 4.09. The minimum atomic E-state index is -0.175. The highest BCUT2D eigenvalue weighted by atomic mass is 32.2. The lowest BCUT2D eigenvalue weighted by Gasteiger charge is -2.08. The fourth-order valence-corrected chi connectivity index (χ4v) is 4.11. The Morgan fingerprint density at radius 2 is 1.90 bits per heavy atom. The quantitative estimate of drug-likeness (QED) is 0.457. The van der Waals surface area contributed by atoms with E-state index in [0.29, 0.717) is 22.7 Å². The molecular weight excluding hydrogens is 418 g/mol. The Kier molecular flexibility index (Phi) is 8.12. The number of thiophene rings is 1. The summed E-state index contributed by atoms with van der Waals surface area (Å²) in [5.41, 5.74) is 1.12. The van der Waals surface area contributed by atoms with Gasteiger partial charge in [0.2, 0.25) is 0 Å². The Morgan fingerprint density at radius 1 is 1.07 bits per heavy atom. The number of nitrogens with one attached hydrogen (secondary N) is 2. The van der Waals surface area contributed by atoms with Crippen molar-refractivity contribution in [2.24, 2.45) is 0 Å². The molecule has 2 aromatic heterocycles. The topological polar surface area (TPSA) is 74.6 Å². The van der Waals surface area contributed by atoms with Crippen LogP contribution in [0.4, 0.5) is 5.69 Å². The molecule has 2 heterocycles. The van der Waals surface area contributed by atoms with Gasteiger partial charge in [-0.15, -0.1) is 11.3 Å². The number of nitrogens with zero attached hydrogens (tertiary/aromatic N) is 1. The fourth-order valence-electron chi connectivity index (χ4n) is 2.75. The average molecular weight is 444 g/mol. The zero-order valence-electron chi connectivity index (χ0n) is 17.0. The third-order valence-corrected chi connectivity index (χ3v) is 5.94. The first-order valence-corrected chi connectivity index (χ1v) is 11.6. The zero-order chi connectivity index (χ0) is 21.3. The maximum atomic E-state index is 12.4. The van der Waals surface area contributed by atoms with Gasteiger partial charge in [0.25, 0.3) is 11.8 Å². The van der Waals surface area contributed by atoms with Crippen LogP contribution in [0.1, 0.15) is 31.6 Å². The molecule has 0 fully saturated rings. The van der Waals surface area contributed by atoms with E-state index in [1.807, 2.05) is 37.7 Å². The van der Waals surface area contributed by atoms with Crippen molar-refractivity contribution < 1.29 is 14.0 Å². The van der Waals surface area contributed by atoms with Crippen LogP contribution >= 0.6 is 23.1 Å². The number of amides is 2. The van der Waals surface area contributed by atoms with Crippen molar-refractivity contribution in [2.45, 2.75) is 12.3 Å². The van der Waals surface area contributed by atoms with Gasteiger partial charge in [-0.2, -0.15) is 11.8 Å². The number of hydrogen-bond donors (Lipinski definition) is 2. The number of anilines is 1. The molecule has 0 spiro atoms. The van der Waals surface area contributed by atoms with E-state index in [4.69, 9.17) is 4.42 Å². The maximum Gasteiger partial charge on any atom is 0.265 e. The van der Waals surface area contributed by atoms with Crippen LogP contribution in [0.15, 0.2) is 58.3 Å². The summed E-state index contributed by atoms with van der Waals surface area (Å²) in [7, 11) is 4.01. The molecule has 0 radical (unpaired) electrons. The van der Waals surface area contributed by atoms with Crippen LogP contribution in [0.5, 0.6) is 0 Å². The largest absolute Gasteiger partial charge is 0.464 e. The monoisotopic (exact) mass is 443 g/mol. The lowest BCUT2D eigenvalue weighted by molar-refractivity contribution is 0.0954. The van der Waals surface area contributed by atoms with Crippen molar-refractivity contribution in [1.29, 1.82) is 0 Å². The lowest BCUT2D eigenvalue weighted by Crippen LogP contribution is -2.25. The molecule has 0 unspecified atom stereocenters. The first-order valence-electron chi connectivity index (χ1n) is 9.54. The summed E-state index contributed by atoms with van der Waals surface area (Å²) in [5, 5.41) is 7.59. The number of rotatable bonds is 10. The number of benzene rings is 1. The Hall–Kier alpha value is -2.55. The van der Waals surface area contributed by atoms with E-state index in [1.54, 1.807) is 42.1 Å². The van der Waals surface area contributed by atoms with Crippen LogP contribution in [0.25, 0.3) is 0 Å². The highest BCUT2D eigenvalue weighted by molar-refractivity contribution is 7.98. The second kappa shape index (κ2) is 11.0. The third kappa shape index (κ3) is 6.76. The van der Waals surface area contributed by atoms with Gasteiger partial charge in [-0.25, -0.2) is 0 Å². The number of furan rings is 1. The van der Waals surface area contributed by atoms with Gasteiger partial charge in [-0.05, 0) is 55.9 Å². The molecule has 0 aliphatic carbocycles. The molecule has 158 valence electrons. The molecule has 3 rings (SSSR count). The summed E-state index contributed by atoms with van der Waals surface area (Å²) < 4.78 is 5.78. The minimum absolute atomic E-state index is 0.158. The number of carbonyl (C=O) groups is 2. The van der Waals surface area contributed by atoms with E-state index in [-0.39, 0.29) is 11.8 Å². The Balaban J connectivity index is 1.40. The van der Waals surface area contributed by atoms with Crippen LogP contribution in [0.3, 0.4) is 0 Å². The van der Waals surface area contributed by atoms with Gasteiger partial charge in [0.15, 0.2) is 0 Å². The molecule has 3 aromatic rings. The predicted molar refractivity (Wildman–Crippen MR) is 123 cm³/mol. The molecule has 2 N–H and O–H groups in total. The van der Waals surface area contributed by atoms with Gasteiger partial charge in [-0.1, -0.05) is 12.1 Å². The van der Waals surface area contributed by atoms with Gasteiger partial charge < -0.3 is 20.0 Å². The van der Waals surface area contributed by atoms with Gasteiger partial charge >= 0.3 is 0 Å². The molecule has 2 amide bonds. The molecule has 0 bridgehead atoms. The summed E-state index contributed by atoms with van der Waals surface area (Å²) in [4.78, 5) is 27.2. The summed E-state index contributed by atoms with van der Waals surface area (Å²) in [6.07, 6.45) is 0. The van der Waals surface area contributed by atoms with Gasteiger partial charge in [0, 0.05) is 23.5 Å². The summed E-state index contributed by atoms with van der Waals surface area (Å²) in [6, 6.07) is 14.5. The molecule has 0 atom stereocenters. The molecule has 8 heteroatoms. The standard InChI is InChI=1S/C22H25N3O3S2/c1-25(2)14-18-8-9-19(28-18)15-29-12-10-23-21(26)16-5-3-6-17(13-16)24-22(27)20-7-4-11-30-20/h3-9,11,13H,10,12,14-15H2,1-2H3,(H,23,26)(H,24,27). The van der Waals surface area contributed by atoms with Gasteiger partial charge in [-0.3, -0.25) is 9.59 Å². The first kappa shape index (κ1) is 22.1. The van der Waals surface area contributed by atoms with Crippen molar-refractivity contribution in [3.63, 3.8) is 0 Å². The first-order chi connectivity index (χ1) is 14.5. The molecule has 0 saturated heterocycles. The predicted octanol–water partition coefficient (Wildman–Crippen LogP) is 4.32. The second-order valence-electron chi connectivity index (χ2n) is 6.93. The van der Waals surface area contributed by atoms with E-state index < -0.39 is 0 Å². The molecular formula is C22H25N3O3S2. The normalized spacial score (nSPS) is 10.9. The second-order valence-corrected chi connectivity index (χ2v) is 8.98. The Morgan fingerprint density at radius 3 is 2.67 bits per heavy atom. The molecule has 0 aliphatic heterocycles. The van der Waals surface area contributed by atoms with E-state index in [2.05, 4.69) is 15.5 Å². The van der Waals surface area contributed by atoms with Crippen LogP contribution in [-0.4, -0.2) is 43.1 Å². The number of hydrogen-bond acceptors (Lipinski definition) is 6. The van der Waals surface area contributed by atoms with Crippen LogP contribution in [0.2, 0.25) is 0 Å².